The normalized spacial score (nSPS) is 12.6. The van der Waals surface area contributed by atoms with Crippen LogP contribution in [0, 0.1) is 0 Å². The highest BCUT2D eigenvalue weighted by molar-refractivity contribution is 5.68. The Balaban J connectivity index is 2.68. The molecule has 4 nitrogen and oxygen atoms in total. The molecule has 4 heteroatoms. The molecule has 1 aromatic rings. The van der Waals surface area contributed by atoms with E-state index in [1.807, 2.05) is 51.1 Å². The molecule has 1 N–H and O–H groups in total. The molecule has 0 radical (unpaired) electrons. The Kier molecular flexibility index (Phi) is 6.25. The van der Waals surface area contributed by atoms with Gasteiger partial charge in [0.05, 0.1) is 13.2 Å². The minimum Gasteiger partial charge on any atom is -0.439 e. The van der Waals surface area contributed by atoms with E-state index in [9.17, 15) is 4.79 Å². The van der Waals surface area contributed by atoms with Crippen LogP contribution in [-0.2, 0) is 9.47 Å². The lowest BCUT2D eigenvalue weighted by Crippen LogP contribution is -2.41. The van der Waals surface area contributed by atoms with Crippen LogP contribution in [0.5, 0.6) is 0 Å². The van der Waals surface area contributed by atoms with Gasteiger partial charge in [-0.15, -0.1) is 6.58 Å². The number of nitrogens with one attached hydrogen (secondary N) is 1. The zero-order chi connectivity index (χ0) is 15.0. The predicted octanol–water partition coefficient (Wildman–Crippen LogP) is 3.46. The molecule has 0 saturated carbocycles. The molecular weight excluding hydrogens is 254 g/mol. The summed E-state index contributed by atoms with van der Waals surface area (Å²) in [5.41, 5.74) is 0.570. The Labute approximate surface area is 120 Å². The highest BCUT2D eigenvalue weighted by Gasteiger charge is 2.20. The van der Waals surface area contributed by atoms with Gasteiger partial charge in [0, 0.05) is 5.54 Å². The highest BCUT2D eigenvalue weighted by Crippen LogP contribution is 2.18. The number of carbonyl (C=O) groups is 1. The summed E-state index contributed by atoms with van der Waals surface area (Å²) in [6.07, 6.45) is 0.782. The Morgan fingerprint density at radius 1 is 1.35 bits per heavy atom. The summed E-state index contributed by atoms with van der Waals surface area (Å²) < 4.78 is 10.9. The van der Waals surface area contributed by atoms with E-state index >= 15 is 0 Å². The summed E-state index contributed by atoms with van der Waals surface area (Å²) >= 11 is 0. The van der Waals surface area contributed by atoms with E-state index in [1.54, 1.807) is 6.08 Å². The van der Waals surface area contributed by atoms with E-state index in [4.69, 9.17) is 9.47 Å². The van der Waals surface area contributed by atoms with Crippen LogP contribution in [-0.4, -0.2) is 24.8 Å². The SMILES string of the molecule is C=CCOC[C@@H](OC(=O)NC(C)(C)C)c1ccccc1. The zero-order valence-corrected chi connectivity index (χ0v) is 12.4. The monoisotopic (exact) mass is 277 g/mol. The van der Waals surface area contributed by atoms with Gasteiger partial charge in [-0.1, -0.05) is 36.4 Å². The number of ether oxygens (including phenoxy) is 2. The molecule has 20 heavy (non-hydrogen) atoms. The van der Waals surface area contributed by atoms with Crippen LogP contribution in [0.15, 0.2) is 43.0 Å². The maximum absolute atomic E-state index is 11.9. The topological polar surface area (TPSA) is 47.6 Å². The third kappa shape index (κ3) is 6.38. The second-order valence-corrected chi connectivity index (χ2v) is 5.51. The molecule has 0 aliphatic rings. The minimum absolute atomic E-state index is 0.299. The molecule has 0 saturated heterocycles. The molecule has 0 heterocycles. The van der Waals surface area contributed by atoms with E-state index in [0.29, 0.717) is 13.2 Å². The summed E-state index contributed by atoms with van der Waals surface area (Å²) in [5.74, 6) is 0. The van der Waals surface area contributed by atoms with E-state index in [2.05, 4.69) is 11.9 Å². The molecular formula is C16H23NO3. The standard InChI is InChI=1S/C16H23NO3/c1-5-11-19-12-14(13-9-7-6-8-10-13)20-15(18)17-16(2,3)4/h5-10,14H,1,11-12H2,2-4H3,(H,17,18)/t14-/m1/s1. The van der Waals surface area contributed by atoms with Crippen molar-refractivity contribution in [2.45, 2.75) is 32.4 Å². The van der Waals surface area contributed by atoms with E-state index in [1.165, 1.54) is 0 Å². The second-order valence-electron chi connectivity index (χ2n) is 5.51. The molecule has 0 unspecified atom stereocenters. The maximum Gasteiger partial charge on any atom is 0.408 e. The second kappa shape index (κ2) is 7.70. The van der Waals surface area contributed by atoms with Crippen molar-refractivity contribution in [3.05, 3.63) is 48.6 Å². The van der Waals surface area contributed by atoms with Crippen molar-refractivity contribution < 1.29 is 14.3 Å². The lowest BCUT2D eigenvalue weighted by atomic mass is 10.1. The van der Waals surface area contributed by atoms with Crippen molar-refractivity contribution >= 4 is 6.09 Å². The number of hydrogen-bond donors (Lipinski definition) is 1. The molecule has 0 aliphatic heterocycles. The van der Waals surface area contributed by atoms with E-state index in [-0.39, 0.29) is 5.54 Å². The van der Waals surface area contributed by atoms with Gasteiger partial charge in [-0.05, 0) is 26.3 Å². The van der Waals surface area contributed by atoms with Gasteiger partial charge in [-0.25, -0.2) is 4.79 Å². The smallest absolute Gasteiger partial charge is 0.408 e. The number of rotatable bonds is 6. The summed E-state index contributed by atoms with van der Waals surface area (Å²) in [5, 5.41) is 2.77. The molecule has 0 spiro atoms. The van der Waals surface area contributed by atoms with Crippen LogP contribution in [0.25, 0.3) is 0 Å². The molecule has 110 valence electrons. The fourth-order valence-electron chi connectivity index (χ4n) is 1.59. The van der Waals surface area contributed by atoms with Gasteiger partial charge in [0.2, 0.25) is 0 Å². The van der Waals surface area contributed by atoms with E-state index in [0.717, 1.165) is 5.56 Å². The molecule has 1 amide bonds. The average molecular weight is 277 g/mol. The van der Waals surface area contributed by atoms with E-state index < -0.39 is 12.2 Å². The number of amides is 1. The number of benzene rings is 1. The molecule has 1 rings (SSSR count). The summed E-state index contributed by atoms with van der Waals surface area (Å²) in [6.45, 7) is 10.0. The first-order valence-corrected chi connectivity index (χ1v) is 6.65. The van der Waals surface area contributed by atoms with Gasteiger partial charge in [0.15, 0.2) is 6.10 Å². The Morgan fingerprint density at radius 3 is 2.55 bits per heavy atom. The number of alkyl carbamates (subject to hydrolysis) is 1. The molecule has 1 atom stereocenters. The van der Waals surface area contributed by atoms with Crippen molar-refractivity contribution in [3.63, 3.8) is 0 Å². The highest BCUT2D eigenvalue weighted by atomic mass is 16.6. The van der Waals surface area contributed by atoms with Gasteiger partial charge in [0.1, 0.15) is 0 Å². The third-order valence-electron chi connectivity index (χ3n) is 2.40. The lowest BCUT2D eigenvalue weighted by molar-refractivity contribution is 0.0252. The fraction of sp³-hybridized carbons (Fsp3) is 0.438. The fourth-order valence-corrected chi connectivity index (χ4v) is 1.59. The van der Waals surface area contributed by atoms with Crippen LogP contribution in [0.1, 0.15) is 32.4 Å². The third-order valence-corrected chi connectivity index (χ3v) is 2.40. The first kappa shape index (κ1) is 16.2. The molecule has 0 aromatic heterocycles. The first-order valence-electron chi connectivity index (χ1n) is 6.65. The minimum atomic E-state index is -0.450. The number of hydrogen-bond acceptors (Lipinski definition) is 3. The number of carbonyl (C=O) groups excluding carboxylic acids is 1. The Hall–Kier alpha value is -1.81. The molecule has 1 aromatic carbocycles. The van der Waals surface area contributed by atoms with Crippen LogP contribution in [0.4, 0.5) is 4.79 Å². The molecule has 0 aliphatic carbocycles. The maximum atomic E-state index is 11.9. The van der Waals surface area contributed by atoms with Crippen molar-refractivity contribution in [2.75, 3.05) is 13.2 Å². The van der Waals surface area contributed by atoms with Crippen LogP contribution in [0.2, 0.25) is 0 Å². The molecule has 0 bridgehead atoms. The summed E-state index contributed by atoms with van der Waals surface area (Å²) in [4.78, 5) is 11.9. The van der Waals surface area contributed by atoms with Crippen molar-refractivity contribution in [2.24, 2.45) is 0 Å². The van der Waals surface area contributed by atoms with Gasteiger partial charge in [-0.2, -0.15) is 0 Å². The molecule has 0 fully saturated rings. The van der Waals surface area contributed by atoms with Crippen molar-refractivity contribution in [1.82, 2.24) is 5.32 Å². The Morgan fingerprint density at radius 2 is 2.00 bits per heavy atom. The predicted molar refractivity (Wildman–Crippen MR) is 79.6 cm³/mol. The van der Waals surface area contributed by atoms with Crippen molar-refractivity contribution in [3.8, 4) is 0 Å². The van der Waals surface area contributed by atoms with Gasteiger partial charge in [-0.3, -0.25) is 0 Å². The van der Waals surface area contributed by atoms with Gasteiger partial charge in [0.25, 0.3) is 0 Å². The summed E-state index contributed by atoms with van der Waals surface area (Å²) in [7, 11) is 0. The van der Waals surface area contributed by atoms with Gasteiger partial charge >= 0.3 is 6.09 Å². The van der Waals surface area contributed by atoms with Crippen molar-refractivity contribution in [1.29, 1.82) is 0 Å². The van der Waals surface area contributed by atoms with Crippen LogP contribution < -0.4 is 5.32 Å². The van der Waals surface area contributed by atoms with Crippen LogP contribution in [0.3, 0.4) is 0 Å². The lowest BCUT2D eigenvalue weighted by Gasteiger charge is -2.23. The summed E-state index contributed by atoms with van der Waals surface area (Å²) in [6, 6.07) is 9.54. The largest absolute Gasteiger partial charge is 0.439 e. The van der Waals surface area contributed by atoms with Crippen LogP contribution >= 0.6 is 0 Å². The van der Waals surface area contributed by atoms with Gasteiger partial charge < -0.3 is 14.8 Å². The average Bonchev–Trinajstić information content (AvgIpc) is 2.37. The quantitative estimate of drug-likeness (QED) is 0.640. The first-order chi connectivity index (χ1) is 9.42. The zero-order valence-electron chi connectivity index (χ0n) is 12.4. The Bertz CT molecular complexity index is 423.